The molecule has 0 aliphatic carbocycles. The third kappa shape index (κ3) is 9.26. The van der Waals surface area contributed by atoms with Gasteiger partial charge in [0.1, 0.15) is 24.1 Å². The maximum absolute atomic E-state index is 13.0. The second-order valence-electron chi connectivity index (χ2n) is 7.21. The van der Waals surface area contributed by atoms with E-state index in [0.717, 1.165) is 30.6 Å². The summed E-state index contributed by atoms with van der Waals surface area (Å²) in [5.74, 6) is 1.41. The summed E-state index contributed by atoms with van der Waals surface area (Å²) >= 11 is 1.66. The van der Waals surface area contributed by atoms with E-state index in [-0.39, 0.29) is 24.2 Å². The number of aromatic nitrogens is 1. The Labute approximate surface area is 208 Å². The number of nitrogens with two attached hydrogens (primary N) is 1. The summed E-state index contributed by atoms with van der Waals surface area (Å²) in [6, 6.07) is 13.6. The zero-order valence-electron chi connectivity index (χ0n) is 19.7. The molecule has 2 aromatic carbocycles. The molecular formula is C25H30FN3O5S. The van der Waals surface area contributed by atoms with Crippen molar-refractivity contribution in [2.75, 3.05) is 13.7 Å². The number of ether oxygens (including phenoxy) is 1. The van der Waals surface area contributed by atoms with Crippen LogP contribution in [0.5, 0.6) is 11.5 Å². The summed E-state index contributed by atoms with van der Waals surface area (Å²) in [7, 11) is 1.00. The summed E-state index contributed by atoms with van der Waals surface area (Å²) in [5.41, 5.74) is 5.11. The minimum Gasteiger partial charge on any atom is -0.457 e. The number of halogens is 1. The number of hydrogen-bond acceptors (Lipinski definition) is 7. The van der Waals surface area contributed by atoms with Crippen LogP contribution < -0.4 is 10.5 Å². The molecule has 1 saturated heterocycles. The number of nitrogens with zero attached hydrogens (tertiary/aromatic N) is 2. The number of hydrogen-bond donors (Lipinski definition) is 2. The van der Waals surface area contributed by atoms with Gasteiger partial charge in [-0.25, -0.2) is 9.37 Å². The number of amides is 2. The first-order chi connectivity index (χ1) is 17.0. The molecular weight excluding hydrogens is 473 g/mol. The SMILES string of the molecule is C=O.CC1CC(c2nccs2)CN1C(=O)Cc1ccc(Oc2ccc(F)cc2)cc1.CO.NC=O. The van der Waals surface area contributed by atoms with Crippen LogP contribution in [0, 0.1) is 5.82 Å². The Morgan fingerprint density at radius 2 is 1.74 bits per heavy atom. The molecule has 2 heterocycles. The molecule has 10 heteroatoms. The number of benzene rings is 2. The van der Waals surface area contributed by atoms with Crippen LogP contribution in [0.3, 0.4) is 0 Å². The fraction of sp³-hybridized carbons (Fsp3) is 0.280. The number of thiazole rings is 1. The van der Waals surface area contributed by atoms with E-state index in [4.69, 9.17) is 19.4 Å². The first-order valence-electron chi connectivity index (χ1n) is 10.6. The second-order valence-corrected chi connectivity index (χ2v) is 8.14. The smallest absolute Gasteiger partial charge is 0.227 e. The van der Waals surface area contributed by atoms with Crippen molar-refractivity contribution in [1.29, 1.82) is 0 Å². The molecule has 8 nitrogen and oxygen atoms in total. The van der Waals surface area contributed by atoms with Crippen molar-refractivity contribution in [2.45, 2.75) is 31.7 Å². The average molecular weight is 504 g/mol. The third-order valence-corrected chi connectivity index (χ3v) is 5.96. The van der Waals surface area contributed by atoms with E-state index in [1.165, 1.54) is 12.1 Å². The molecule has 2 amide bonds. The monoisotopic (exact) mass is 503 g/mol. The maximum Gasteiger partial charge on any atom is 0.227 e. The van der Waals surface area contributed by atoms with Crippen LogP contribution in [0.15, 0.2) is 60.1 Å². The molecule has 0 bridgehead atoms. The molecule has 3 N–H and O–H groups in total. The molecule has 1 aromatic heterocycles. The Morgan fingerprint density at radius 3 is 2.26 bits per heavy atom. The maximum atomic E-state index is 13.0. The second kappa shape index (κ2) is 16.1. The number of likely N-dealkylation sites (tertiary alicyclic amines) is 1. The van der Waals surface area contributed by atoms with E-state index in [2.05, 4.69) is 17.6 Å². The van der Waals surface area contributed by atoms with E-state index in [1.54, 1.807) is 23.5 Å². The van der Waals surface area contributed by atoms with Crippen LogP contribution in [-0.2, 0) is 20.8 Å². The first-order valence-corrected chi connectivity index (χ1v) is 11.5. The fourth-order valence-electron chi connectivity index (χ4n) is 3.58. The van der Waals surface area contributed by atoms with Crippen molar-refractivity contribution in [3.05, 3.63) is 76.5 Å². The molecule has 0 saturated carbocycles. The van der Waals surface area contributed by atoms with Crippen molar-refractivity contribution in [3.63, 3.8) is 0 Å². The minimum absolute atomic E-state index is 0.138. The van der Waals surface area contributed by atoms with Crippen LogP contribution in [0.4, 0.5) is 4.39 Å². The lowest BCUT2D eigenvalue weighted by Gasteiger charge is -2.21. The van der Waals surface area contributed by atoms with Gasteiger partial charge in [-0.3, -0.25) is 9.59 Å². The molecule has 2 unspecified atom stereocenters. The van der Waals surface area contributed by atoms with Gasteiger partial charge >= 0.3 is 0 Å². The Morgan fingerprint density at radius 1 is 1.20 bits per heavy atom. The van der Waals surface area contributed by atoms with Crippen molar-refractivity contribution >= 4 is 30.4 Å². The van der Waals surface area contributed by atoms with Gasteiger partial charge in [-0.1, -0.05) is 12.1 Å². The highest BCUT2D eigenvalue weighted by molar-refractivity contribution is 7.09. The lowest BCUT2D eigenvalue weighted by atomic mass is 10.1. The first kappa shape index (κ1) is 29.4. The van der Waals surface area contributed by atoms with Crippen molar-refractivity contribution in [3.8, 4) is 11.5 Å². The van der Waals surface area contributed by atoms with Crippen LogP contribution in [0.2, 0.25) is 0 Å². The Balaban J connectivity index is 0.000000797. The zero-order chi connectivity index (χ0) is 26.2. The van der Waals surface area contributed by atoms with Gasteiger partial charge in [0, 0.05) is 37.2 Å². The van der Waals surface area contributed by atoms with Crippen molar-refractivity contribution in [1.82, 2.24) is 9.88 Å². The molecule has 0 radical (unpaired) electrons. The number of carbonyl (C=O) groups is 3. The number of carbonyl (C=O) groups excluding carboxylic acids is 3. The zero-order valence-corrected chi connectivity index (χ0v) is 20.5. The van der Waals surface area contributed by atoms with Gasteiger partial charge in [0.25, 0.3) is 0 Å². The highest BCUT2D eigenvalue weighted by atomic mass is 32.1. The van der Waals surface area contributed by atoms with Crippen LogP contribution in [0.1, 0.15) is 29.8 Å². The van der Waals surface area contributed by atoms with Crippen LogP contribution in [0.25, 0.3) is 0 Å². The predicted octanol–water partition coefficient (Wildman–Crippen LogP) is 3.55. The minimum atomic E-state index is -0.297. The predicted molar refractivity (Wildman–Crippen MR) is 133 cm³/mol. The van der Waals surface area contributed by atoms with Gasteiger partial charge in [0.15, 0.2) is 0 Å². The fourth-order valence-corrected chi connectivity index (χ4v) is 4.33. The molecule has 1 aliphatic heterocycles. The molecule has 1 aliphatic rings. The normalized spacial score (nSPS) is 15.8. The number of aliphatic hydroxyl groups excluding tert-OH is 1. The van der Waals surface area contributed by atoms with E-state index in [1.807, 2.05) is 47.5 Å². The van der Waals surface area contributed by atoms with Gasteiger partial charge in [-0.15, -0.1) is 11.3 Å². The summed E-state index contributed by atoms with van der Waals surface area (Å²) < 4.78 is 18.7. The number of aliphatic hydroxyl groups is 1. The van der Waals surface area contributed by atoms with Crippen molar-refractivity contribution < 1.29 is 28.6 Å². The topological polar surface area (TPSA) is 123 Å². The Kier molecular flexibility index (Phi) is 13.5. The Bertz CT molecular complexity index is 1000. The molecule has 0 spiro atoms. The summed E-state index contributed by atoms with van der Waals surface area (Å²) in [6.45, 7) is 4.84. The van der Waals surface area contributed by atoms with E-state index in [0.29, 0.717) is 23.8 Å². The summed E-state index contributed by atoms with van der Waals surface area (Å²) in [6.07, 6.45) is 3.40. The Hall–Kier alpha value is -3.63. The van der Waals surface area contributed by atoms with E-state index < -0.39 is 0 Å². The van der Waals surface area contributed by atoms with Gasteiger partial charge < -0.3 is 25.3 Å². The number of primary amides is 1. The van der Waals surface area contributed by atoms with E-state index >= 15 is 0 Å². The summed E-state index contributed by atoms with van der Waals surface area (Å²) in [5, 5.41) is 10.1. The standard InChI is InChI=1S/C22H21FN2O2S.CH3NO.CH4O.CH2O/c1-15-12-17(22-24-10-11-28-22)14-25(15)21(26)13-16-2-6-19(7-3-16)27-20-8-4-18(23)5-9-20;2-1-3;2*1-2/h2-11,15,17H,12-14H2,1H3;1H,(H2,2,3);2H,1H3;1H2. The highest BCUT2D eigenvalue weighted by Gasteiger charge is 2.34. The molecule has 188 valence electrons. The largest absolute Gasteiger partial charge is 0.457 e. The van der Waals surface area contributed by atoms with Crippen molar-refractivity contribution in [2.24, 2.45) is 5.73 Å². The molecule has 1 fully saturated rings. The molecule has 3 aromatic rings. The third-order valence-electron chi connectivity index (χ3n) is 5.02. The van der Waals surface area contributed by atoms with Gasteiger partial charge in [-0.05, 0) is 55.3 Å². The van der Waals surface area contributed by atoms with Gasteiger partial charge in [-0.2, -0.15) is 0 Å². The van der Waals surface area contributed by atoms with Crippen LogP contribution in [-0.4, -0.2) is 53.8 Å². The van der Waals surface area contributed by atoms with E-state index in [9.17, 15) is 9.18 Å². The summed E-state index contributed by atoms with van der Waals surface area (Å²) in [4.78, 5) is 35.7. The molecule has 4 rings (SSSR count). The van der Waals surface area contributed by atoms with Gasteiger partial charge in [0.2, 0.25) is 12.3 Å². The lowest BCUT2D eigenvalue weighted by Crippen LogP contribution is -2.35. The quantitative estimate of drug-likeness (QED) is 0.514. The van der Waals surface area contributed by atoms with Gasteiger partial charge in [0.05, 0.1) is 11.4 Å². The lowest BCUT2D eigenvalue weighted by molar-refractivity contribution is -0.131. The molecule has 35 heavy (non-hydrogen) atoms. The average Bonchev–Trinajstić information content (AvgIpc) is 3.55. The molecule has 2 atom stereocenters. The highest BCUT2D eigenvalue weighted by Crippen LogP contribution is 2.33. The van der Waals surface area contributed by atoms with Crippen LogP contribution >= 0.6 is 11.3 Å². The number of rotatable bonds is 5.